The summed E-state index contributed by atoms with van der Waals surface area (Å²) in [5, 5.41) is 0. The lowest BCUT2D eigenvalue weighted by molar-refractivity contribution is 0.0186. The molecule has 0 fully saturated rings. The highest BCUT2D eigenvalue weighted by Gasteiger charge is 2.59. The Morgan fingerprint density at radius 1 is 0.415 bits per heavy atom. The van der Waals surface area contributed by atoms with Crippen molar-refractivity contribution in [2.75, 3.05) is 0 Å². The highest BCUT2D eigenvalue weighted by atomic mass is 32.1. The van der Waals surface area contributed by atoms with E-state index >= 15 is 0 Å². The first-order valence-electron chi connectivity index (χ1n) is 12.0. The van der Waals surface area contributed by atoms with E-state index in [2.05, 4.69) is 0 Å². The predicted octanol–water partition coefficient (Wildman–Crippen LogP) is 8.57. The maximum atomic E-state index is 14.7. The number of ketones is 4. The number of carbonyl (C=O) groups is 4. The molecule has 0 saturated carbocycles. The fraction of sp³-hybridized carbons (Fsp3) is 0.0667. The van der Waals surface area contributed by atoms with Crippen molar-refractivity contribution in [3.8, 4) is 40.4 Å². The van der Waals surface area contributed by atoms with Gasteiger partial charge in [-0.15, -0.1) is 34.0 Å². The van der Waals surface area contributed by atoms with Gasteiger partial charge in [0.05, 0.1) is 32.0 Å². The number of fused-ring (bicyclic) bond motifs is 2. The van der Waals surface area contributed by atoms with E-state index in [0.717, 1.165) is 34.0 Å². The zero-order chi connectivity index (χ0) is 28.8. The molecule has 0 atom stereocenters. The fourth-order valence-corrected chi connectivity index (χ4v) is 8.92. The molecule has 2 aliphatic rings. The van der Waals surface area contributed by atoms with E-state index < -0.39 is 35.0 Å². The second-order valence-corrected chi connectivity index (χ2v) is 12.5. The third-order valence-electron chi connectivity index (χ3n) is 6.99. The molecular weight excluding hydrogens is 597 g/mol. The van der Waals surface area contributed by atoms with E-state index in [1.807, 2.05) is 0 Å². The van der Waals surface area contributed by atoms with Crippen molar-refractivity contribution in [3.63, 3.8) is 0 Å². The summed E-state index contributed by atoms with van der Waals surface area (Å²) >= 11 is 3.02. The van der Waals surface area contributed by atoms with E-state index in [-0.39, 0.29) is 41.8 Å². The zero-order valence-electron chi connectivity index (χ0n) is 20.3. The van der Waals surface area contributed by atoms with Gasteiger partial charge < -0.3 is 0 Å². The average Bonchev–Trinajstić information content (AvgIpc) is 3.76. The van der Waals surface area contributed by atoms with Crippen LogP contribution in [0.3, 0.4) is 0 Å². The molecule has 0 bridgehead atoms. The maximum absolute atomic E-state index is 14.7. The lowest BCUT2D eigenvalue weighted by Gasteiger charge is -2.06. The number of halogens is 4. The number of hydrogen-bond acceptors (Lipinski definition) is 7. The minimum atomic E-state index is -4.20. The van der Waals surface area contributed by atoms with Crippen LogP contribution in [0.2, 0.25) is 0 Å². The topological polar surface area (TPSA) is 68.3 Å². The molecule has 0 aliphatic heterocycles. The van der Waals surface area contributed by atoms with Gasteiger partial charge in [0.1, 0.15) is 0 Å². The van der Waals surface area contributed by atoms with Crippen molar-refractivity contribution >= 4 is 57.1 Å². The lowest BCUT2D eigenvalue weighted by atomic mass is 10.1. The minimum Gasteiger partial charge on any atom is -0.287 e. The van der Waals surface area contributed by atoms with Gasteiger partial charge in [-0.1, -0.05) is 60.7 Å². The Hall–Kier alpha value is -4.06. The van der Waals surface area contributed by atoms with Gasteiger partial charge in [0.15, 0.2) is 0 Å². The van der Waals surface area contributed by atoms with Crippen LogP contribution in [0, 0.1) is 0 Å². The van der Waals surface area contributed by atoms with E-state index in [4.69, 9.17) is 0 Å². The number of benzene rings is 2. The van der Waals surface area contributed by atoms with Gasteiger partial charge in [0, 0.05) is 19.5 Å². The van der Waals surface area contributed by atoms with Crippen molar-refractivity contribution in [1.82, 2.24) is 0 Å². The van der Waals surface area contributed by atoms with Gasteiger partial charge in [-0.3, -0.25) is 19.2 Å². The highest BCUT2D eigenvalue weighted by molar-refractivity contribution is 7.28. The molecule has 0 N–H and O–H groups in total. The van der Waals surface area contributed by atoms with Crippen molar-refractivity contribution in [2.45, 2.75) is 11.8 Å². The largest absolute Gasteiger partial charge is 0.371 e. The summed E-state index contributed by atoms with van der Waals surface area (Å²) in [6.45, 7) is 0. The predicted molar refractivity (Wildman–Crippen MR) is 149 cm³/mol. The molecule has 202 valence electrons. The molecule has 0 spiro atoms. The number of alkyl halides is 4. The van der Waals surface area contributed by atoms with Gasteiger partial charge in [-0.05, 0) is 23.3 Å². The first-order chi connectivity index (χ1) is 19.5. The van der Waals surface area contributed by atoms with Crippen LogP contribution in [0.1, 0.15) is 41.4 Å². The first kappa shape index (κ1) is 25.9. The molecule has 2 aliphatic carbocycles. The lowest BCUT2D eigenvalue weighted by Crippen LogP contribution is -2.30. The molecule has 5 aromatic rings. The van der Waals surface area contributed by atoms with E-state index in [1.165, 1.54) is 12.1 Å². The SMILES string of the molecule is O=C1c2c(-c3ccccc3)sc(-c3ccc(-c4sc(-c5ccccc5)c5c4C(=O)C(F)(F)C5=O)s3)c2C(=O)C1(F)F. The number of hydrogen-bond donors (Lipinski definition) is 0. The van der Waals surface area contributed by atoms with Crippen LogP contribution in [0.15, 0.2) is 72.8 Å². The smallest absolute Gasteiger partial charge is 0.287 e. The minimum absolute atomic E-state index is 0.148. The Morgan fingerprint density at radius 2 is 0.732 bits per heavy atom. The Labute approximate surface area is 240 Å². The van der Waals surface area contributed by atoms with Crippen molar-refractivity contribution in [3.05, 3.63) is 95.1 Å². The van der Waals surface area contributed by atoms with E-state index in [0.29, 0.717) is 20.9 Å². The van der Waals surface area contributed by atoms with Crippen LogP contribution in [0.5, 0.6) is 0 Å². The van der Waals surface area contributed by atoms with Crippen LogP contribution in [0.25, 0.3) is 40.4 Å². The summed E-state index contributed by atoms with van der Waals surface area (Å²) in [5.74, 6) is -14.7. The van der Waals surface area contributed by atoms with Crippen LogP contribution in [-0.2, 0) is 0 Å². The summed E-state index contributed by atoms with van der Waals surface area (Å²) < 4.78 is 58.6. The quantitative estimate of drug-likeness (QED) is 0.151. The molecule has 41 heavy (non-hydrogen) atoms. The van der Waals surface area contributed by atoms with Crippen LogP contribution >= 0.6 is 34.0 Å². The second-order valence-electron chi connectivity index (χ2n) is 9.38. The van der Waals surface area contributed by atoms with Gasteiger partial charge in [-0.2, -0.15) is 17.6 Å². The second kappa shape index (κ2) is 8.72. The number of Topliss-reactive ketones (excluding diaryl/α,β-unsaturated/α-hetero) is 4. The standard InChI is InChI=1S/C30H12F4O4S3/c31-29(32)25(35)17-19(27(29)37)23(40-21(17)13-7-3-1-4-8-13)15-11-12-16(39-15)24-20-18(26(36)30(33,34)28(20)38)22(41-24)14-9-5-2-6-10-14/h1-12H. The molecule has 0 radical (unpaired) electrons. The molecule has 0 amide bonds. The van der Waals surface area contributed by atoms with Crippen molar-refractivity contribution < 1.29 is 36.7 Å². The van der Waals surface area contributed by atoms with Crippen LogP contribution in [0.4, 0.5) is 17.6 Å². The molecular formula is C30H12F4O4S3. The molecule has 3 heterocycles. The molecule has 11 heteroatoms. The van der Waals surface area contributed by atoms with Crippen LogP contribution < -0.4 is 0 Å². The van der Waals surface area contributed by atoms with E-state index in [9.17, 15) is 36.7 Å². The molecule has 2 aromatic carbocycles. The summed E-state index contributed by atoms with van der Waals surface area (Å²) in [7, 11) is 0. The summed E-state index contributed by atoms with van der Waals surface area (Å²) in [5.41, 5.74) is -0.459. The third kappa shape index (κ3) is 3.49. The molecule has 0 saturated heterocycles. The normalized spacial score (nSPS) is 16.9. The summed E-state index contributed by atoms with van der Waals surface area (Å²) in [4.78, 5) is 52.4. The molecule has 7 rings (SSSR count). The van der Waals surface area contributed by atoms with Crippen molar-refractivity contribution in [2.24, 2.45) is 0 Å². The molecule has 4 nitrogen and oxygen atoms in total. The maximum Gasteiger partial charge on any atom is 0.371 e. The summed E-state index contributed by atoms with van der Waals surface area (Å²) in [6, 6.07) is 19.8. The average molecular weight is 609 g/mol. The Bertz CT molecular complexity index is 1830. The van der Waals surface area contributed by atoms with Crippen LogP contribution in [-0.4, -0.2) is 35.0 Å². The van der Waals surface area contributed by atoms with E-state index in [1.54, 1.807) is 60.7 Å². The Balaban J connectivity index is 1.42. The van der Waals surface area contributed by atoms with Crippen molar-refractivity contribution in [1.29, 1.82) is 0 Å². The first-order valence-corrected chi connectivity index (χ1v) is 14.5. The third-order valence-corrected chi connectivity index (χ3v) is 10.9. The molecule has 3 aromatic heterocycles. The number of thiophene rings is 3. The summed E-state index contributed by atoms with van der Waals surface area (Å²) in [6.07, 6.45) is 0. The number of rotatable bonds is 4. The Kier molecular flexibility index (Phi) is 5.50. The van der Waals surface area contributed by atoms with Gasteiger partial charge >= 0.3 is 11.8 Å². The number of carbonyl (C=O) groups excluding carboxylic acids is 4. The fourth-order valence-electron chi connectivity index (χ4n) is 5.08. The van der Waals surface area contributed by atoms with Gasteiger partial charge in [-0.25, -0.2) is 0 Å². The Morgan fingerprint density at radius 3 is 1.07 bits per heavy atom. The van der Waals surface area contributed by atoms with Gasteiger partial charge in [0.25, 0.3) is 0 Å². The van der Waals surface area contributed by atoms with Gasteiger partial charge in [0.2, 0.25) is 23.1 Å². The molecule has 0 unspecified atom stereocenters. The highest BCUT2D eigenvalue weighted by Crippen LogP contribution is 2.54. The monoisotopic (exact) mass is 608 g/mol. The zero-order valence-corrected chi connectivity index (χ0v) is 22.7.